The van der Waals surface area contributed by atoms with Crippen molar-refractivity contribution in [3.8, 4) is 0 Å². The van der Waals surface area contributed by atoms with Crippen LogP contribution in [0.25, 0.3) is 0 Å². The van der Waals surface area contributed by atoms with Gasteiger partial charge < -0.3 is 8.91 Å². The van der Waals surface area contributed by atoms with Crippen molar-refractivity contribution >= 4 is 16.9 Å². The molecule has 0 spiro atoms. The van der Waals surface area contributed by atoms with E-state index in [0.29, 0.717) is 0 Å². The van der Waals surface area contributed by atoms with Crippen LogP contribution < -0.4 is 0 Å². The van der Waals surface area contributed by atoms with Crippen LogP contribution in [-0.4, -0.2) is 21.7 Å². The van der Waals surface area contributed by atoms with E-state index in [4.69, 9.17) is 4.12 Å². The Morgan fingerprint density at radius 2 is 1.57 bits per heavy atom. The minimum Gasteiger partial charge on any atom is -0.436 e. The molecule has 0 aromatic carbocycles. The molecule has 0 radical (unpaired) electrons. The van der Waals surface area contributed by atoms with E-state index >= 15 is 0 Å². The zero-order valence-electron chi connectivity index (χ0n) is 10.4. The largest absolute Gasteiger partial charge is 0.436 e. The minimum atomic E-state index is -2.33. The van der Waals surface area contributed by atoms with Gasteiger partial charge in [-0.15, -0.1) is 0 Å². The van der Waals surface area contributed by atoms with E-state index in [1.54, 1.807) is 0 Å². The van der Waals surface area contributed by atoms with Crippen LogP contribution in [0.15, 0.2) is 0 Å². The van der Waals surface area contributed by atoms with Crippen LogP contribution in [0.5, 0.6) is 0 Å². The molecule has 0 aliphatic carbocycles. The number of hydrogen-bond acceptors (Lipinski definition) is 2. The van der Waals surface area contributed by atoms with E-state index < -0.39 is 16.9 Å². The standard InChI is InChI=1S/C10H26O2Si2/c1-6-7-8-9-10-14(5,11)12-13(2,3)4/h11H,6-10H2,1-5H3. The van der Waals surface area contributed by atoms with E-state index in [0.717, 1.165) is 12.5 Å². The molecule has 0 saturated heterocycles. The second-order valence-electron chi connectivity index (χ2n) is 5.20. The Morgan fingerprint density at radius 3 is 2.00 bits per heavy atom. The molecule has 1 N–H and O–H groups in total. The molecule has 0 aliphatic heterocycles. The van der Waals surface area contributed by atoms with Crippen molar-refractivity contribution in [3.05, 3.63) is 0 Å². The molecule has 0 aromatic heterocycles. The number of rotatable bonds is 7. The molecule has 0 amide bonds. The topological polar surface area (TPSA) is 29.5 Å². The lowest BCUT2D eigenvalue weighted by atomic mass is 10.2. The molecule has 4 heteroatoms. The van der Waals surface area contributed by atoms with Crippen molar-refractivity contribution in [2.24, 2.45) is 0 Å². The minimum absolute atomic E-state index is 0.900. The number of hydrogen-bond donors (Lipinski definition) is 1. The van der Waals surface area contributed by atoms with E-state index in [9.17, 15) is 4.80 Å². The third-order valence-corrected chi connectivity index (χ3v) is 7.51. The second-order valence-corrected chi connectivity index (χ2v) is 13.1. The Bertz CT molecular complexity index is 153. The van der Waals surface area contributed by atoms with E-state index in [-0.39, 0.29) is 0 Å². The Hall–Kier alpha value is 0.354. The highest BCUT2D eigenvalue weighted by atomic mass is 28.4. The van der Waals surface area contributed by atoms with Crippen LogP contribution >= 0.6 is 0 Å². The zero-order chi connectivity index (χ0) is 11.2. The van der Waals surface area contributed by atoms with Gasteiger partial charge in [-0.3, -0.25) is 0 Å². The van der Waals surface area contributed by atoms with Crippen molar-refractivity contribution in [2.75, 3.05) is 0 Å². The summed E-state index contributed by atoms with van der Waals surface area (Å²) >= 11 is 0. The van der Waals surface area contributed by atoms with E-state index in [1.807, 2.05) is 6.55 Å². The summed E-state index contributed by atoms with van der Waals surface area (Å²) in [5.74, 6) is 0. The predicted molar refractivity (Wildman–Crippen MR) is 67.2 cm³/mol. The fourth-order valence-electron chi connectivity index (χ4n) is 1.59. The highest BCUT2D eigenvalue weighted by Gasteiger charge is 2.32. The maximum atomic E-state index is 10.1. The van der Waals surface area contributed by atoms with Gasteiger partial charge in [-0.05, 0) is 32.2 Å². The highest BCUT2D eigenvalue weighted by molar-refractivity contribution is 6.81. The van der Waals surface area contributed by atoms with Gasteiger partial charge in [0.15, 0.2) is 8.32 Å². The third kappa shape index (κ3) is 8.93. The summed E-state index contributed by atoms with van der Waals surface area (Å²) in [6.07, 6.45) is 4.88. The van der Waals surface area contributed by atoms with Crippen LogP contribution in [0, 0.1) is 0 Å². The smallest absolute Gasteiger partial charge is 0.321 e. The van der Waals surface area contributed by atoms with E-state index in [2.05, 4.69) is 26.6 Å². The second kappa shape index (κ2) is 6.05. The van der Waals surface area contributed by atoms with Crippen LogP contribution in [0.4, 0.5) is 0 Å². The molecule has 86 valence electrons. The first kappa shape index (κ1) is 14.4. The van der Waals surface area contributed by atoms with Gasteiger partial charge in [-0.2, -0.15) is 0 Å². The zero-order valence-corrected chi connectivity index (χ0v) is 12.4. The Labute approximate surface area is 91.1 Å². The molecule has 2 nitrogen and oxygen atoms in total. The van der Waals surface area contributed by atoms with Crippen molar-refractivity contribution < 1.29 is 8.91 Å². The molecular weight excluding hydrogens is 208 g/mol. The third-order valence-electron chi connectivity index (χ3n) is 2.02. The maximum Gasteiger partial charge on any atom is 0.321 e. The van der Waals surface area contributed by atoms with Gasteiger partial charge in [-0.25, -0.2) is 0 Å². The maximum absolute atomic E-state index is 10.1. The summed E-state index contributed by atoms with van der Waals surface area (Å²) in [7, 11) is -3.88. The van der Waals surface area contributed by atoms with Crippen LogP contribution in [0.1, 0.15) is 32.6 Å². The molecule has 0 bridgehead atoms. The van der Waals surface area contributed by atoms with Gasteiger partial charge in [0.1, 0.15) is 0 Å². The quantitative estimate of drug-likeness (QED) is 0.540. The molecule has 0 heterocycles. The molecule has 0 aliphatic rings. The first-order valence-electron chi connectivity index (χ1n) is 5.69. The Morgan fingerprint density at radius 1 is 1.00 bits per heavy atom. The van der Waals surface area contributed by atoms with E-state index in [1.165, 1.54) is 19.3 Å². The van der Waals surface area contributed by atoms with Gasteiger partial charge in [0.25, 0.3) is 0 Å². The lowest BCUT2D eigenvalue weighted by Crippen LogP contribution is -2.44. The van der Waals surface area contributed by atoms with Crippen molar-refractivity contribution in [1.29, 1.82) is 0 Å². The first-order chi connectivity index (χ1) is 6.27. The first-order valence-corrected chi connectivity index (χ1v) is 11.7. The van der Waals surface area contributed by atoms with Crippen molar-refractivity contribution in [1.82, 2.24) is 0 Å². The number of unbranched alkanes of at least 4 members (excludes halogenated alkanes) is 3. The van der Waals surface area contributed by atoms with Gasteiger partial charge in [0, 0.05) is 0 Å². The summed E-state index contributed by atoms with van der Waals surface area (Å²) in [6.45, 7) is 10.5. The summed E-state index contributed by atoms with van der Waals surface area (Å²) in [5, 5.41) is 0. The summed E-state index contributed by atoms with van der Waals surface area (Å²) in [6, 6.07) is 0.900. The lowest BCUT2D eigenvalue weighted by Gasteiger charge is -2.29. The normalized spacial score (nSPS) is 16.7. The predicted octanol–water partition coefficient (Wildman–Crippen LogP) is 3.48. The van der Waals surface area contributed by atoms with Crippen molar-refractivity contribution in [3.63, 3.8) is 0 Å². The van der Waals surface area contributed by atoms with Crippen LogP contribution in [0.2, 0.25) is 32.2 Å². The SMILES string of the molecule is CCCCCC[Si](C)(O)O[Si](C)(C)C. The molecule has 0 fully saturated rings. The molecule has 0 aromatic rings. The molecule has 14 heavy (non-hydrogen) atoms. The van der Waals surface area contributed by atoms with Crippen molar-refractivity contribution in [2.45, 2.75) is 64.8 Å². The molecule has 1 atom stereocenters. The monoisotopic (exact) mass is 234 g/mol. The molecule has 1 unspecified atom stereocenters. The van der Waals surface area contributed by atoms with Crippen LogP contribution in [-0.2, 0) is 4.12 Å². The molecule has 0 rings (SSSR count). The molecular formula is C10H26O2Si2. The van der Waals surface area contributed by atoms with Gasteiger partial charge >= 0.3 is 8.56 Å². The Balaban J connectivity index is 3.72. The van der Waals surface area contributed by atoms with Gasteiger partial charge in [0.05, 0.1) is 0 Å². The Kier molecular flexibility index (Phi) is 6.20. The molecule has 0 saturated carbocycles. The van der Waals surface area contributed by atoms with Gasteiger partial charge in [0.2, 0.25) is 0 Å². The average Bonchev–Trinajstić information content (AvgIpc) is 1.93. The summed E-state index contributed by atoms with van der Waals surface area (Å²) in [4.78, 5) is 10.1. The lowest BCUT2D eigenvalue weighted by molar-refractivity contribution is 0.373. The fraction of sp³-hybridized carbons (Fsp3) is 1.00. The average molecular weight is 234 g/mol. The van der Waals surface area contributed by atoms with Crippen LogP contribution in [0.3, 0.4) is 0 Å². The summed E-state index contributed by atoms with van der Waals surface area (Å²) < 4.78 is 5.84. The summed E-state index contributed by atoms with van der Waals surface area (Å²) in [5.41, 5.74) is 0. The fourth-order valence-corrected chi connectivity index (χ4v) is 8.18. The van der Waals surface area contributed by atoms with Gasteiger partial charge in [-0.1, -0.05) is 32.6 Å². The highest BCUT2D eigenvalue weighted by Crippen LogP contribution is 2.18.